The molecule has 4 rings (SSSR count). The molecule has 4 heterocycles. The van der Waals surface area contributed by atoms with Crippen LogP contribution in [-0.2, 0) is 11.3 Å². The highest BCUT2D eigenvalue weighted by molar-refractivity contribution is 7.03. The fourth-order valence-electron chi connectivity index (χ4n) is 3.80. The number of nitrogens with zero attached hydrogens (tertiary/aromatic N) is 7. The molecule has 2 fully saturated rings. The minimum Gasteiger partial charge on any atom is -0.341 e. The van der Waals surface area contributed by atoms with Crippen molar-refractivity contribution in [1.82, 2.24) is 34.6 Å². The molecule has 1 atom stereocenters. The lowest BCUT2D eigenvalue weighted by Crippen LogP contribution is -2.51. The van der Waals surface area contributed by atoms with E-state index in [0.717, 1.165) is 75.7 Å². The van der Waals surface area contributed by atoms with Gasteiger partial charge in [0.05, 0.1) is 12.2 Å². The van der Waals surface area contributed by atoms with Crippen molar-refractivity contribution in [3.8, 4) is 0 Å². The number of carbonyl (C=O) groups is 1. The number of hydrogen-bond acceptors (Lipinski definition) is 9. The second-order valence-corrected chi connectivity index (χ2v) is 7.97. The van der Waals surface area contributed by atoms with Crippen LogP contribution in [0, 0.1) is 6.92 Å². The van der Waals surface area contributed by atoms with Crippen molar-refractivity contribution in [2.45, 2.75) is 32.2 Å². The Morgan fingerprint density at radius 2 is 2.04 bits per heavy atom. The molecule has 2 saturated heterocycles. The predicted octanol–water partition coefficient (Wildman–Crippen LogP) is 0.753. The van der Waals surface area contributed by atoms with Crippen molar-refractivity contribution in [2.24, 2.45) is 0 Å². The van der Waals surface area contributed by atoms with Gasteiger partial charge in [-0.25, -0.2) is 4.63 Å². The van der Waals surface area contributed by atoms with Gasteiger partial charge in [0.25, 0.3) is 0 Å². The van der Waals surface area contributed by atoms with Gasteiger partial charge in [0, 0.05) is 57.1 Å². The fraction of sp³-hybridized carbons (Fsp3) is 0.706. The van der Waals surface area contributed by atoms with Gasteiger partial charge in [-0.3, -0.25) is 14.6 Å². The summed E-state index contributed by atoms with van der Waals surface area (Å²) in [7, 11) is 0. The first-order valence-corrected chi connectivity index (χ1v) is 10.3. The number of aryl methyl sites for hydroxylation is 1. The summed E-state index contributed by atoms with van der Waals surface area (Å²) < 4.78 is 8.73. The standard InChI is InChI=1S/C17H25N7O2S/c1-13-15(20-26-19-13)10-22-5-7-23(8-6-22)11-17(25)24-4-2-3-14(9-24)16-12-27-21-18-16/h12,14H,2-11H2,1H3/t14-/m1/s1. The van der Waals surface area contributed by atoms with Gasteiger partial charge in [-0.05, 0) is 31.3 Å². The average Bonchev–Trinajstić information content (AvgIpc) is 3.36. The lowest BCUT2D eigenvalue weighted by Gasteiger charge is -2.37. The van der Waals surface area contributed by atoms with Crippen LogP contribution < -0.4 is 0 Å². The summed E-state index contributed by atoms with van der Waals surface area (Å²) in [6.45, 7) is 8.42. The molecule has 2 aliphatic rings. The molecular weight excluding hydrogens is 366 g/mol. The number of piperidine rings is 1. The van der Waals surface area contributed by atoms with Crippen LogP contribution in [0.15, 0.2) is 10.0 Å². The Kier molecular flexibility index (Phi) is 5.74. The van der Waals surface area contributed by atoms with E-state index in [0.29, 0.717) is 12.5 Å². The molecule has 1 amide bonds. The summed E-state index contributed by atoms with van der Waals surface area (Å²) in [4.78, 5) is 19.4. The van der Waals surface area contributed by atoms with Crippen LogP contribution >= 0.6 is 11.5 Å². The Labute approximate surface area is 162 Å². The molecule has 0 radical (unpaired) electrons. The van der Waals surface area contributed by atoms with E-state index in [4.69, 9.17) is 4.63 Å². The minimum absolute atomic E-state index is 0.230. The number of piperazine rings is 1. The van der Waals surface area contributed by atoms with Crippen molar-refractivity contribution in [3.05, 3.63) is 22.5 Å². The van der Waals surface area contributed by atoms with Crippen LogP contribution in [0.2, 0.25) is 0 Å². The van der Waals surface area contributed by atoms with Crippen LogP contribution in [0.25, 0.3) is 0 Å². The Morgan fingerprint density at radius 3 is 2.74 bits per heavy atom. The minimum atomic E-state index is 0.230. The third-order valence-corrected chi connectivity index (χ3v) is 6.04. The average molecular weight is 392 g/mol. The molecule has 2 aliphatic heterocycles. The van der Waals surface area contributed by atoms with Gasteiger partial charge in [-0.1, -0.05) is 14.8 Å². The molecule has 0 saturated carbocycles. The van der Waals surface area contributed by atoms with Gasteiger partial charge in [-0.2, -0.15) is 0 Å². The molecule has 0 aromatic carbocycles. The van der Waals surface area contributed by atoms with Gasteiger partial charge in [0.1, 0.15) is 11.4 Å². The van der Waals surface area contributed by atoms with Crippen LogP contribution in [-0.4, -0.2) is 86.3 Å². The van der Waals surface area contributed by atoms with E-state index >= 15 is 0 Å². The monoisotopic (exact) mass is 391 g/mol. The van der Waals surface area contributed by atoms with E-state index in [1.165, 1.54) is 11.5 Å². The summed E-state index contributed by atoms with van der Waals surface area (Å²) in [5, 5.41) is 14.0. The summed E-state index contributed by atoms with van der Waals surface area (Å²) in [6, 6.07) is 0. The number of likely N-dealkylation sites (tertiary alicyclic amines) is 1. The number of aromatic nitrogens is 4. The highest BCUT2D eigenvalue weighted by Gasteiger charge is 2.28. The summed E-state index contributed by atoms with van der Waals surface area (Å²) in [5.74, 6) is 0.561. The highest BCUT2D eigenvalue weighted by Crippen LogP contribution is 2.26. The normalized spacial score (nSPS) is 22.3. The molecule has 0 unspecified atom stereocenters. The van der Waals surface area contributed by atoms with Crippen molar-refractivity contribution in [1.29, 1.82) is 0 Å². The zero-order valence-corrected chi connectivity index (χ0v) is 16.4. The molecule has 0 bridgehead atoms. The first-order chi connectivity index (χ1) is 13.2. The van der Waals surface area contributed by atoms with Gasteiger partial charge in [-0.15, -0.1) is 5.10 Å². The van der Waals surface area contributed by atoms with E-state index in [2.05, 4.69) is 29.7 Å². The third-order valence-electron chi connectivity index (χ3n) is 5.51. The smallest absolute Gasteiger partial charge is 0.236 e. The van der Waals surface area contributed by atoms with Crippen molar-refractivity contribution < 1.29 is 9.42 Å². The molecule has 0 N–H and O–H groups in total. The quantitative estimate of drug-likeness (QED) is 0.738. The number of amides is 1. The molecule has 27 heavy (non-hydrogen) atoms. The maximum Gasteiger partial charge on any atom is 0.236 e. The third kappa shape index (κ3) is 4.50. The van der Waals surface area contributed by atoms with Gasteiger partial charge in [0.15, 0.2) is 0 Å². The first-order valence-electron chi connectivity index (χ1n) is 9.46. The maximum atomic E-state index is 12.8. The van der Waals surface area contributed by atoms with Crippen molar-refractivity contribution in [2.75, 3.05) is 45.8 Å². The van der Waals surface area contributed by atoms with Crippen molar-refractivity contribution >= 4 is 17.4 Å². The molecule has 2 aromatic rings. The molecular formula is C17H25N7O2S. The first kappa shape index (κ1) is 18.5. The molecule has 146 valence electrons. The topological polar surface area (TPSA) is 91.5 Å². The van der Waals surface area contributed by atoms with Gasteiger partial charge >= 0.3 is 0 Å². The van der Waals surface area contributed by atoms with Crippen LogP contribution in [0.1, 0.15) is 35.8 Å². The molecule has 10 heteroatoms. The highest BCUT2D eigenvalue weighted by atomic mass is 32.1. The maximum absolute atomic E-state index is 12.8. The van der Waals surface area contributed by atoms with Gasteiger partial charge < -0.3 is 4.90 Å². The Balaban J connectivity index is 1.24. The van der Waals surface area contributed by atoms with Gasteiger partial charge in [0.2, 0.25) is 5.91 Å². The summed E-state index contributed by atoms with van der Waals surface area (Å²) >= 11 is 1.38. The van der Waals surface area contributed by atoms with E-state index in [1.54, 1.807) is 0 Å². The van der Waals surface area contributed by atoms with E-state index < -0.39 is 0 Å². The van der Waals surface area contributed by atoms with Crippen LogP contribution in [0.4, 0.5) is 0 Å². The van der Waals surface area contributed by atoms with E-state index in [-0.39, 0.29) is 5.91 Å². The Bertz CT molecular complexity index is 742. The number of carbonyl (C=O) groups excluding carboxylic acids is 1. The molecule has 0 spiro atoms. The zero-order chi connectivity index (χ0) is 18.6. The summed E-state index contributed by atoms with van der Waals surface area (Å²) in [5.41, 5.74) is 2.78. The van der Waals surface area contributed by atoms with Crippen LogP contribution in [0.3, 0.4) is 0 Å². The van der Waals surface area contributed by atoms with E-state index in [1.807, 2.05) is 17.2 Å². The lowest BCUT2D eigenvalue weighted by molar-refractivity contribution is -0.134. The molecule has 2 aromatic heterocycles. The Morgan fingerprint density at radius 1 is 1.22 bits per heavy atom. The SMILES string of the molecule is Cc1nonc1CN1CCN(CC(=O)N2CCC[C@@H](c3csnn3)C2)CC1. The van der Waals surface area contributed by atoms with Crippen LogP contribution in [0.5, 0.6) is 0 Å². The van der Waals surface area contributed by atoms with E-state index in [9.17, 15) is 4.79 Å². The van der Waals surface area contributed by atoms with Crippen molar-refractivity contribution in [3.63, 3.8) is 0 Å². The molecule has 9 nitrogen and oxygen atoms in total. The second-order valence-electron chi connectivity index (χ2n) is 7.36. The zero-order valence-electron chi connectivity index (χ0n) is 15.6. The lowest BCUT2D eigenvalue weighted by atomic mass is 9.95. The summed E-state index contributed by atoms with van der Waals surface area (Å²) in [6.07, 6.45) is 2.12. The largest absolute Gasteiger partial charge is 0.341 e. The molecule has 0 aliphatic carbocycles. The number of hydrogen-bond donors (Lipinski definition) is 0. The Hall–Kier alpha value is -1.91. The fourth-order valence-corrected chi connectivity index (χ4v) is 4.33. The predicted molar refractivity (Wildman–Crippen MR) is 99.2 cm³/mol. The number of rotatable bonds is 5. The second kappa shape index (κ2) is 8.41.